The summed E-state index contributed by atoms with van der Waals surface area (Å²) in [5, 5.41) is 19.2. The monoisotopic (exact) mass is 428 g/mol. The first-order chi connectivity index (χ1) is 11.2. The van der Waals surface area contributed by atoms with Gasteiger partial charge in [-0.1, -0.05) is 26.0 Å². The van der Waals surface area contributed by atoms with Gasteiger partial charge in [-0.2, -0.15) is 16.8 Å². The molecule has 0 heterocycles. The van der Waals surface area contributed by atoms with Gasteiger partial charge in [0.1, 0.15) is 21.3 Å². The van der Waals surface area contributed by atoms with Crippen molar-refractivity contribution in [2.24, 2.45) is 0 Å². The Morgan fingerprint density at radius 3 is 1.31 bits per heavy atom. The molecule has 11 heteroatoms. The molecule has 0 saturated heterocycles. The molecule has 0 aliphatic rings. The van der Waals surface area contributed by atoms with Gasteiger partial charge >= 0.3 is 51.4 Å². The molecule has 0 aliphatic heterocycles. The molecule has 0 saturated carbocycles. The van der Waals surface area contributed by atoms with Crippen LogP contribution in [0.4, 0.5) is 0 Å². The first kappa shape index (κ1) is 23.5. The second-order valence-electron chi connectivity index (χ2n) is 5.94. The molecule has 2 aromatic carbocycles. The Bertz CT molecular complexity index is 960. The van der Waals surface area contributed by atoms with Crippen LogP contribution in [-0.2, 0) is 25.7 Å². The summed E-state index contributed by atoms with van der Waals surface area (Å²) in [6, 6.07) is 7.11. The van der Waals surface area contributed by atoms with Gasteiger partial charge in [0, 0.05) is 5.41 Å². The van der Waals surface area contributed by atoms with Gasteiger partial charge in [-0.25, -0.2) is 0 Å². The van der Waals surface area contributed by atoms with E-state index in [0.717, 1.165) is 24.3 Å². The Labute approximate surface area is 193 Å². The molecule has 4 N–H and O–H groups in total. The normalized spacial score (nSPS) is 12.5. The molecular weight excluding hydrogens is 411 g/mol. The van der Waals surface area contributed by atoms with Crippen molar-refractivity contribution >= 4 is 71.6 Å². The first-order valence-corrected chi connectivity index (χ1v) is 9.74. The number of hydrogen-bond acceptors (Lipinski definition) is 6. The fourth-order valence-corrected chi connectivity index (χ4v) is 3.60. The van der Waals surface area contributed by atoms with E-state index in [4.69, 9.17) is 0 Å². The Balaban J connectivity index is 0.00000338. The van der Waals surface area contributed by atoms with E-state index in [1.807, 2.05) is 0 Å². The number of rotatable bonds is 4. The van der Waals surface area contributed by atoms with Gasteiger partial charge in [-0.3, -0.25) is 9.11 Å². The molecule has 2 aromatic rings. The van der Waals surface area contributed by atoms with Gasteiger partial charge in [0.25, 0.3) is 20.2 Å². The van der Waals surface area contributed by atoms with E-state index < -0.39 is 46.9 Å². The minimum absolute atomic E-state index is 0. The van der Waals surface area contributed by atoms with Gasteiger partial charge in [-0.15, -0.1) is 0 Å². The molecule has 26 heavy (non-hydrogen) atoms. The molecular formula is C15H17KO8S2. The van der Waals surface area contributed by atoms with Crippen LogP contribution in [0.3, 0.4) is 0 Å². The summed E-state index contributed by atoms with van der Waals surface area (Å²) in [7, 11) is -9.32. The minimum atomic E-state index is -4.66. The Hall–Kier alpha value is -0.504. The first-order valence-electron chi connectivity index (χ1n) is 6.86. The SMILES string of the molecule is CC(C)(c1ccc(O)c(S(=O)(=O)O)c1)c1ccc(O)c(S(=O)(=O)O)c1.[KH]. The Kier molecular flexibility index (Phi) is 7.11. The number of aromatic hydroxyl groups is 2. The van der Waals surface area contributed by atoms with Crippen molar-refractivity contribution in [1.82, 2.24) is 0 Å². The summed E-state index contributed by atoms with van der Waals surface area (Å²) in [4.78, 5) is -1.38. The fourth-order valence-electron chi connectivity index (χ4n) is 2.39. The molecule has 0 aromatic heterocycles. The van der Waals surface area contributed by atoms with Crippen LogP contribution in [0.2, 0.25) is 0 Å². The van der Waals surface area contributed by atoms with Crippen LogP contribution in [0, 0.1) is 0 Å². The summed E-state index contributed by atoms with van der Waals surface area (Å²) in [6.45, 7) is 3.26. The van der Waals surface area contributed by atoms with Gasteiger partial charge in [0.05, 0.1) is 0 Å². The predicted molar refractivity (Wildman–Crippen MR) is 95.1 cm³/mol. The summed E-state index contributed by atoms with van der Waals surface area (Å²) >= 11 is 0. The van der Waals surface area contributed by atoms with E-state index in [2.05, 4.69) is 0 Å². The van der Waals surface area contributed by atoms with Crippen molar-refractivity contribution in [1.29, 1.82) is 0 Å². The van der Waals surface area contributed by atoms with E-state index in [1.165, 1.54) is 12.1 Å². The molecule has 0 fully saturated rings. The van der Waals surface area contributed by atoms with E-state index in [0.29, 0.717) is 11.1 Å². The van der Waals surface area contributed by atoms with Crippen molar-refractivity contribution in [3.8, 4) is 11.5 Å². The van der Waals surface area contributed by atoms with E-state index in [1.54, 1.807) is 13.8 Å². The average molecular weight is 429 g/mol. The van der Waals surface area contributed by atoms with Gasteiger partial charge in [0.15, 0.2) is 0 Å². The zero-order valence-corrected chi connectivity index (χ0v) is 14.8. The number of phenols is 2. The maximum atomic E-state index is 11.3. The molecule has 0 unspecified atom stereocenters. The Morgan fingerprint density at radius 2 is 1.04 bits per heavy atom. The quantitative estimate of drug-likeness (QED) is 0.420. The van der Waals surface area contributed by atoms with E-state index in [-0.39, 0.29) is 51.4 Å². The average Bonchev–Trinajstić information content (AvgIpc) is 2.45. The van der Waals surface area contributed by atoms with Gasteiger partial charge < -0.3 is 10.2 Å². The summed E-state index contributed by atoms with van der Waals surface area (Å²) in [5.74, 6) is -1.27. The molecule has 8 nitrogen and oxygen atoms in total. The maximum absolute atomic E-state index is 11.3. The van der Waals surface area contributed by atoms with Crippen LogP contribution < -0.4 is 0 Å². The van der Waals surface area contributed by atoms with Crippen LogP contribution in [0.1, 0.15) is 25.0 Å². The molecule has 2 rings (SSSR count). The zero-order valence-electron chi connectivity index (χ0n) is 13.2. The third-order valence-electron chi connectivity index (χ3n) is 3.92. The van der Waals surface area contributed by atoms with Crippen LogP contribution in [0.5, 0.6) is 11.5 Å². The van der Waals surface area contributed by atoms with Crippen LogP contribution in [0.15, 0.2) is 46.2 Å². The summed E-state index contributed by atoms with van der Waals surface area (Å²) in [6.07, 6.45) is 0. The van der Waals surface area contributed by atoms with Gasteiger partial charge in [-0.05, 0) is 35.4 Å². The van der Waals surface area contributed by atoms with Crippen LogP contribution in [0.25, 0.3) is 0 Å². The predicted octanol–water partition coefficient (Wildman–Crippen LogP) is 1.27. The third kappa shape index (κ3) is 4.85. The molecule has 138 valence electrons. The molecule has 0 spiro atoms. The number of hydrogen-bond donors (Lipinski definition) is 4. The fraction of sp³-hybridized carbons (Fsp3) is 0.200. The number of benzene rings is 2. The van der Waals surface area contributed by atoms with Crippen molar-refractivity contribution in [2.75, 3.05) is 0 Å². The third-order valence-corrected chi connectivity index (χ3v) is 5.68. The number of phenolic OH excluding ortho intramolecular Hbond substituents is 2. The molecule has 0 amide bonds. The van der Waals surface area contributed by atoms with Gasteiger partial charge in [0.2, 0.25) is 0 Å². The van der Waals surface area contributed by atoms with Crippen molar-refractivity contribution in [3.63, 3.8) is 0 Å². The van der Waals surface area contributed by atoms with Crippen molar-refractivity contribution in [2.45, 2.75) is 29.1 Å². The molecule has 0 radical (unpaired) electrons. The van der Waals surface area contributed by atoms with Crippen LogP contribution in [-0.4, -0.2) is 87.5 Å². The second kappa shape index (κ2) is 7.85. The standard InChI is InChI=1S/C15H16O8S2.K.H/c1-15(2,9-3-5-11(16)13(7-9)24(18,19)20)10-4-6-12(17)14(8-10)25(21,22)23;;/h3-8,16-17H,1-2H3,(H,18,19,20)(H,21,22,23);;. The summed E-state index contributed by atoms with van der Waals surface area (Å²) in [5.41, 5.74) is -0.310. The molecule has 0 aliphatic carbocycles. The van der Waals surface area contributed by atoms with Crippen LogP contribution >= 0.6 is 0 Å². The van der Waals surface area contributed by atoms with E-state index >= 15 is 0 Å². The second-order valence-corrected chi connectivity index (χ2v) is 8.72. The molecule has 0 bridgehead atoms. The zero-order chi connectivity index (χ0) is 19.2. The molecule has 0 atom stereocenters. The van der Waals surface area contributed by atoms with E-state index in [9.17, 15) is 36.2 Å². The Morgan fingerprint density at radius 1 is 0.731 bits per heavy atom. The summed E-state index contributed by atoms with van der Waals surface area (Å²) < 4.78 is 63.8. The topological polar surface area (TPSA) is 149 Å². The van der Waals surface area contributed by atoms with Crippen molar-refractivity contribution in [3.05, 3.63) is 47.5 Å². The van der Waals surface area contributed by atoms with Crippen molar-refractivity contribution < 1.29 is 36.2 Å².